The van der Waals surface area contributed by atoms with Gasteiger partial charge in [0.2, 0.25) is 0 Å². The molecule has 8 heteroatoms. The Hall–Kier alpha value is -2.49. The fraction of sp³-hybridized carbons (Fsp3) is 0.364. The molecule has 2 aromatic carbocycles. The Morgan fingerprint density at radius 2 is 1.80 bits per heavy atom. The second kappa shape index (κ2) is 12.9. The maximum Gasteiger partial charge on any atom is 0.251 e. The van der Waals surface area contributed by atoms with E-state index >= 15 is 0 Å². The molecule has 0 radical (unpaired) electrons. The van der Waals surface area contributed by atoms with Crippen molar-refractivity contribution < 1.29 is 14.3 Å². The fourth-order valence-corrected chi connectivity index (χ4v) is 2.85. The van der Waals surface area contributed by atoms with Crippen molar-refractivity contribution in [3.63, 3.8) is 0 Å². The highest BCUT2D eigenvalue weighted by atomic mass is 127. The van der Waals surface area contributed by atoms with Crippen LogP contribution in [0.2, 0.25) is 0 Å². The van der Waals surface area contributed by atoms with E-state index in [4.69, 9.17) is 9.47 Å². The molecule has 0 bridgehead atoms. The molecule has 7 nitrogen and oxygen atoms in total. The Morgan fingerprint density at radius 1 is 1.03 bits per heavy atom. The Kier molecular flexibility index (Phi) is 10.3. The minimum Gasteiger partial charge on any atom is -0.490 e. The lowest BCUT2D eigenvalue weighted by atomic mass is 10.2. The number of guanidine groups is 1. The largest absolute Gasteiger partial charge is 0.490 e. The molecule has 2 aromatic rings. The minimum absolute atomic E-state index is 0. The van der Waals surface area contributed by atoms with Gasteiger partial charge in [-0.3, -0.25) is 9.79 Å². The summed E-state index contributed by atoms with van der Waals surface area (Å²) in [6.45, 7) is 5.26. The van der Waals surface area contributed by atoms with E-state index in [-0.39, 0.29) is 29.9 Å². The van der Waals surface area contributed by atoms with Gasteiger partial charge in [0.05, 0.1) is 13.2 Å². The van der Waals surface area contributed by atoms with Gasteiger partial charge in [0.15, 0.2) is 17.5 Å². The number of carbonyl (C=O) groups excluding carboxylic acids is 1. The van der Waals surface area contributed by atoms with Crippen LogP contribution in [-0.4, -0.2) is 44.7 Å². The zero-order chi connectivity index (χ0) is 20.3. The molecular weight excluding hydrogens is 495 g/mol. The third-order valence-corrected chi connectivity index (χ3v) is 4.28. The summed E-state index contributed by atoms with van der Waals surface area (Å²) in [6, 6.07) is 15.0. The van der Waals surface area contributed by atoms with Crippen molar-refractivity contribution in [2.75, 3.05) is 38.2 Å². The predicted octanol–water partition coefficient (Wildman–Crippen LogP) is 3.66. The van der Waals surface area contributed by atoms with Crippen LogP contribution in [0.5, 0.6) is 11.5 Å². The third kappa shape index (κ3) is 7.40. The number of nitrogens with one attached hydrogen (secondary N) is 3. The molecular formula is C22H29IN4O3. The Labute approximate surface area is 194 Å². The molecule has 0 saturated carbocycles. The van der Waals surface area contributed by atoms with Crippen molar-refractivity contribution in [1.29, 1.82) is 0 Å². The molecule has 0 aromatic heterocycles. The number of benzene rings is 2. The van der Waals surface area contributed by atoms with Gasteiger partial charge in [0, 0.05) is 43.4 Å². The van der Waals surface area contributed by atoms with Crippen molar-refractivity contribution in [1.82, 2.24) is 10.6 Å². The minimum atomic E-state index is -0.0631. The molecule has 30 heavy (non-hydrogen) atoms. The van der Waals surface area contributed by atoms with Crippen LogP contribution in [0.25, 0.3) is 0 Å². The lowest BCUT2D eigenvalue weighted by molar-refractivity contribution is 0.0953. The summed E-state index contributed by atoms with van der Waals surface area (Å²) in [5.41, 5.74) is 1.55. The number of aliphatic imine (C=N–C) groups is 1. The molecule has 0 aliphatic carbocycles. The maximum atomic E-state index is 12.0. The highest BCUT2D eigenvalue weighted by molar-refractivity contribution is 14.0. The second-order valence-electron chi connectivity index (χ2n) is 6.57. The van der Waals surface area contributed by atoms with Gasteiger partial charge < -0.3 is 25.4 Å². The van der Waals surface area contributed by atoms with Crippen LogP contribution in [0.3, 0.4) is 0 Å². The molecule has 1 aliphatic heterocycles. The molecule has 0 atom stereocenters. The number of halogens is 1. The molecule has 162 valence electrons. The van der Waals surface area contributed by atoms with Crippen LogP contribution in [0.1, 0.15) is 30.1 Å². The first-order valence-electron chi connectivity index (χ1n) is 10.0. The Morgan fingerprint density at radius 3 is 2.57 bits per heavy atom. The smallest absolute Gasteiger partial charge is 0.251 e. The summed E-state index contributed by atoms with van der Waals surface area (Å²) >= 11 is 0. The van der Waals surface area contributed by atoms with E-state index in [2.05, 4.69) is 20.9 Å². The monoisotopic (exact) mass is 524 g/mol. The number of anilines is 1. The fourth-order valence-electron chi connectivity index (χ4n) is 2.85. The number of rotatable bonds is 7. The summed E-state index contributed by atoms with van der Waals surface area (Å²) in [5.74, 6) is 2.14. The topological polar surface area (TPSA) is 84.0 Å². The van der Waals surface area contributed by atoms with E-state index in [1.165, 1.54) is 0 Å². The third-order valence-electron chi connectivity index (χ3n) is 4.28. The normalized spacial score (nSPS) is 12.9. The molecule has 3 N–H and O–H groups in total. The maximum absolute atomic E-state index is 12.0. The highest BCUT2D eigenvalue weighted by Crippen LogP contribution is 2.32. The molecule has 1 heterocycles. The molecule has 0 saturated heterocycles. The van der Waals surface area contributed by atoms with Gasteiger partial charge in [-0.2, -0.15) is 0 Å². The SMILES string of the molecule is CCNC(=NCCCNC(=O)c1ccccc1)Nc1ccc2c(c1)OCCCO2.I. The van der Waals surface area contributed by atoms with Crippen LogP contribution in [0.4, 0.5) is 5.69 Å². The summed E-state index contributed by atoms with van der Waals surface area (Å²) in [4.78, 5) is 16.6. The molecule has 1 aliphatic rings. The van der Waals surface area contributed by atoms with Crippen LogP contribution in [0.15, 0.2) is 53.5 Å². The lowest BCUT2D eigenvalue weighted by Crippen LogP contribution is -2.31. The first-order chi connectivity index (χ1) is 14.3. The zero-order valence-electron chi connectivity index (χ0n) is 17.1. The van der Waals surface area contributed by atoms with E-state index in [1.54, 1.807) is 12.1 Å². The summed E-state index contributed by atoms with van der Waals surface area (Å²) in [7, 11) is 0. The van der Waals surface area contributed by atoms with Gasteiger partial charge in [-0.15, -0.1) is 24.0 Å². The quantitative estimate of drug-likeness (QED) is 0.223. The van der Waals surface area contributed by atoms with Gasteiger partial charge in [-0.1, -0.05) is 18.2 Å². The average Bonchev–Trinajstić information content (AvgIpc) is 2.99. The average molecular weight is 524 g/mol. The molecule has 0 spiro atoms. The van der Waals surface area contributed by atoms with Gasteiger partial charge in [0.1, 0.15) is 0 Å². The molecule has 3 rings (SSSR count). The van der Waals surface area contributed by atoms with E-state index in [0.717, 1.165) is 36.6 Å². The number of hydrogen-bond donors (Lipinski definition) is 3. The molecule has 1 amide bonds. The lowest BCUT2D eigenvalue weighted by Gasteiger charge is -2.13. The summed E-state index contributed by atoms with van der Waals surface area (Å²) in [5, 5.41) is 9.44. The van der Waals surface area contributed by atoms with Crippen molar-refractivity contribution in [3.05, 3.63) is 54.1 Å². The van der Waals surface area contributed by atoms with Gasteiger partial charge in [-0.25, -0.2) is 0 Å². The van der Waals surface area contributed by atoms with Crippen LogP contribution < -0.4 is 25.4 Å². The number of nitrogens with zero attached hydrogens (tertiary/aromatic N) is 1. The van der Waals surface area contributed by atoms with E-state index < -0.39 is 0 Å². The van der Waals surface area contributed by atoms with E-state index in [0.29, 0.717) is 37.8 Å². The number of ether oxygens (including phenoxy) is 2. The van der Waals surface area contributed by atoms with E-state index in [1.807, 2.05) is 43.3 Å². The van der Waals surface area contributed by atoms with Gasteiger partial charge in [0.25, 0.3) is 5.91 Å². The van der Waals surface area contributed by atoms with Crippen molar-refractivity contribution in [2.45, 2.75) is 19.8 Å². The molecule has 0 unspecified atom stereocenters. The van der Waals surface area contributed by atoms with Crippen molar-refractivity contribution in [3.8, 4) is 11.5 Å². The Balaban J connectivity index is 0.00000320. The number of hydrogen-bond acceptors (Lipinski definition) is 4. The van der Waals surface area contributed by atoms with Crippen molar-refractivity contribution >= 4 is 41.5 Å². The van der Waals surface area contributed by atoms with Gasteiger partial charge >= 0.3 is 0 Å². The summed E-state index contributed by atoms with van der Waals surface area (Å²) < 4.78 is 11.4. The van der Waals surface area contributed by atoms with Crippen LogP contribution in [0, 0.1) is 0 Å². The first-order valence-corrected chi connectivity index (χ1v) is 10.0. The zero-order valence-corrected chi connectivity index (χ0v) is 19.5. The summed E-state index contributed by atoms with van der Waals surface area (Å²) in [6.07, 6.45) is 1.62. The second-order valence-corrected chi connectivity index (χ2v) is 6.57. The van der Waals surface area contributed by atoms with Gasteiger partial charge in [-0.05, 0) is 37.6 Å². The molecule has 0 fully saturated rings. The van der Waals surface area contributed by atoms with Crippen molar-refractivity contribution in [2.24, 2.45) is 4.99 Å². The van der Waals surface area contributed by atoms with Crippen LogP contribution >= 0.6 is 24.0 Å². The first kappa shape index (κ1) is 23.8. The standard InChI is InChI=1S/C22H28N4O3.HI/c1-2-23-22(25-13-6-12-24-21(27)17-8-4-3-5-9-17)26-18-10-11-19-20(16-18)29-15-7-14-28-19;/h3-5,8-11,16H,2,6-7,12-15H2,1H3,(H,24,27)(H2,23,25,26);1H. The predicted molar refractivity (Wildman–Crippen MR) is 130 cm³/mol. The van der Waals surface area contributed by atoms with E-state index in [9.17, 15) is 4.79 Å². The number of carbonyl (C=O) groups is 1. The van der Waals surface area contributed by atoms with Crippen LogP contribution in [-0.2, 0) is 0 Å². The Bertz CT molecular complexity index is 830. The number of fused-ring (bicyclic) bond motifs is 1. The highest BCUT2D eigenvalue weighted by Gasteiger charge is 2.11. The number of amides is 1.